The Hall–Kier alpha value is -1.90. The number of halogens is 2. The maximum Gasteiger partial charge on any atom is 0.234 e. The Balaban J connectivity index is 1.71. The van der Waals surface area contributed by atoms with Crippen molar-refractivity contribution in [2.75, 3.05) is 11.1 Å². The van der Waals surface area contributed by atoms with Crippen LogP contribution in [0.5, 0.6) is 0 Å². The lowest BCUT2D eigenvalue weighted by molar-refractivity contribution is -0.113. The molecule has 0 spiro atoms. The second-order valence-electron chi connectivity index (χ2n) is 6.39. The third-order valence-electron chi connectivity index (χ3n) is 3.98. The molecule has 0 aliphatic carbocycles. The number of hydrogen-bond acceptors (Lipinski definition) is 5. The molecular weight excluding hydrogens is 419 g/mol. The summed E-state index contributed by atoms with van der Waals surface area (Å²) in [6, 6.07) is 6.36. The smallest absolute Gasteiger partial charge is 0.234 e. The van der Waals surface area contributed by atoms with Gasteiger partial charge in [-0.15, -0.1) is 21.5 Å². The predicted octanol–water partition coefficient (Wildman–Crippen LogP) is 5.67. The average Bonchev–Trinajstić information content (AvgIpc) is 3.29. The summed E-state index contributed by atoms with van der Waals surface area (Å²) in [5.74, 6) is 0.214. The normalized spacial score (nSPS) is 11.2. The summed E-state index contributed by atoms with van der Waals surface area (Å²) < 4.78 is 15.3. The van der Waals surface area contributed by atoms with E-state index in [1.54, 1.807) is 11.3 Å². The predicted molar refractivity (Wildman–Crippen MR) is 114 cm³/mol. The van der Waals surface area contributed by atoms with Crippen LogP contribution < -0.4 is 5.32 Å². The van der Waals surface area contributed by atoms with E-state index in [0.29, 0.717) is 10.8 Å². The number of amides is 1. The fraction of sp³-hybridized carbons (Fsp3) is 0.316. The fourth-order valence-electron chi connectivity index (χ4n) is 2.62. The van der Waals surface area contributed by atoms with Crippen LogP contribution in [0.2, 0.25) is 5.02 Å². The topological polar surface area (TPSA) is 59.8 Å². The molecule has 0 saturated carbocycles. The van der Waals surface area contributed by atoms with Gasteiger partial charge < -0.3 is 5.32 Å². The highest BCUT2D eigenvalue weighted by Crippen LogP contribution is 2.30. The molecular formula is C19H20ClFN4OS2. The SMILES string of the molecule is CCc1cc(-c2nnc(SCC(=O)Nc3ccc(F)c(Cl)c3)n2C(C)C)cs1. The Labute approximate surface area is 176 Å². The first-order chi connectivity index (χ1) is 13.4. The number of carbonyl (C=O) groups excluding carboxylic acids is 1. The number of nitrogens with zero attached hydrogens (tertiary/aromatic N) is 3. The Bertz CT molecular complexity index is 986. The zero-order valence-corrected chi connectivity index (χ0v) is 18.1. The van der Waals surface area contributed by atoms with E-state index in [2.05, 4.69) is 47.7 Å². The first kappa shape index (κ1) is 20.8. The first-order valence-electron chi connectivity index (χ1n) is 8.79. The Morgan fingerprint density at radius 3 is 2.79 bits per heavy atom. The molecule has 0 unspecified atom stereocenters. The van der Waals surface area contributed by atoms with Gasteiger partial charge in [0.1, 0.15) is 5.82 Å². The van der Waals surface area contributed by atoms with Gasteiger partial charge >= 0.3 is 0 Å². The first-order valence-corrected chi connectivity index (χ1v) is 11.0. The highest BCUT2D eigenvalue weighted by Gasteiger charge is 2.19. The van der Waals surface area contributed by atoms with Crippen molar-refractivity contribution in [2.24, 2.45) is 0 Å². The van der Waals surface area contributed by atoms with Gasteiger partial charge in [0.25, 0.3) is 0 Å². The minimum absolute atomic E-state index is 0.0307. The Morgan fingerprint density at radius 2 is 2.14 bits per heavy atom. The summed E-state index contributed by atoms with van der Waals surface area (Å²) in [7, 11) is 0. The van der Waals surface area contributed by atoms with Crippen molar-refractivity contribution in [1.82, 2.24) is 14.8 Å². The van der Waals surface area contributed by atoms with Crippen LogP contribution in [-0.2, 0) is 11.2 Å². The van der Waals surface area contributed by atoms with Gasteiger partial charge in [-0.3, -0.25) is 9.36 Å². The number of aromatic nitrogens is 3. The number of hydrogen-bond donors (Lipinski definition) is 1. The highest BCUT2D eigenvalue weighted by molar-refractivity contribution is 7.99. The van der Waals surface area contributed by atoms with E-state index in [4.69, 9.17) is 11.6 Å². The standard InChI is InChI=1S/C19H20ClFN4OS2/c1-4-14-7-12(9-27-14)18-23-24-19(25(18)11(2)3)28-10-17(26)22-13-5-6-16(21)15(20)8-13/h5-9,11H,4,10H2,1-3H3,(H,22,26). The summed E-state index contributed by atoms with van der Waals surface area (Å²) in [6.07, 6.45) is 0.982. The summed E-state index contributed by atoms with van der Waals surface area (Å²) in [6.45, 7) is 6.24. The molecule has 0 saturated heterocycles. The molecule has 5 nitrogen and oxygen atoms in total. The van der Waals surface area contributed by atoms with Gasteiger partial charge in [-0.1, -0.05) is 30.3 Å². The largest absolute Gasteiger partial charge is 0.325 e. The quantitative estimate of drug-likeness (QED) is 0.482. The third-order valence-corrected chi connectivity index (χ3v) is 6.29. The molecule has 28 heavy (non-hydrogen) atoms. The lowest BCUT2D eigenvalue weighted by Gasteiger charge is -2.13. The van der Waals surface area contributed by atoms with Crippen LogP contribution in [0.15, 0.2) is 34.8 Å². The maximum absolute atomic E-state index is 13.2. The van der Waals surface area contributed by atoms with Gasteiger partial charge in [0.05, 0.1) is 10.8 Å². The minimum Gasteiger partial charge on any atom is -0.325 e. The summed E-state index contributed by atoms with van der Waals surface area (Å²) in [4.78, 5) is 13.5. The molecule has 2 aromatic heterocycles. The van der Waals surface area contributed by atoms with Gasteiger partial charge in [0, 0.05) is 27.5 Å². The summed E-state index contributed by atoms with van der Waals surface area (Å²) in [5, 5.41) is 14.1. The van der Waals surface area contributed by atoms with Crippen LogP contribution in [0.1, 0.15) is 31.7 Å². The second kappa shape index (κ2) is 9.07. The van der Waals surface area contributed by atoms with Crippen LogP contribution >= 0.6 is 34.7 Å². The Kier molecular flexibility index (Phi) is 6.74. The highest BCUT2D eigenvalue weighted by atomic mass is 35.5. The van der Waals surface area contributed by atoms with Crippen molar-refractivity contribution < 1.29 is 9.18 Å². The Morgan fingerprint density at radius 1 is 1.36 bits per heavy atom. The molecule has 3 rings (SSSR count). The van der Waals surface area contributed by atoms with E-state index in [-0.39, 0.29) is 22.7 Å². The van der Waals surface area contributed by atoms with Crippen molar-refractivity contribution in [3.8, 4) is 11.4 Å². The molecule has 0 aliphatic rings. The van der Waals surface area contributed by atoms with Crippen LogP contribution in [0.25, 0.3) is 11.4 Å². The minimum atomic E-state index is -0.522. The number of thioether (sulfide) groups is 1. The molecule has 1 aromatic carbocycles. The molecule has 0 atom stereocenters. The number of thiophene rings is 1. The lowest BCUT2D eigenvalue weighted by atomic mass is 10.2. The molecule has 0 aliphatic heterocycles. The van der Waals surface area contributed by atoms with E-state index in [0.717, 1.165) is 17.8 Å². The summed E-state index contributed by atoms with van der Waals surface area (Å²) in [5.41, 5.74) is 1.49. The number of aryl methyl sites for hydroxylation is 1. The monoisotopic (exact) mass is 438 g/mol. The number of benzene rings is 1. The molecule has 3 aromatic rings. The van der Waals surface area contributed by atoms with Crippen molar-refractivity contribution in [2.45, 2.75) is 38.4 Å². The average molecular weight is 439 g/mol. The molecule has 0 radical (unpaired) electrons. The molecule has 148 valence electrons. The number of nitrogens with one attached hydrogen (secondary N) is 1. The number of rotatable bonds is 7. The molecule has 2 heterocycles. The third kappa shape index (κ3) is 4.74. The van der Waals surface area contributed by atoms with Crippen molar-refractivity contribution in [3.05, 3.63) is 45.4 Å². The maximum atomic E-state index is 13.2. The van der Waals surface area contributed by atoms with Crippen LogP contribution in [0.3, 0.4) is 0 Å². The lowest BCUT2D eigenvalue weighted by Crippen LogP contribution is -2.15. The van der Waals surface area contributed by atoms with Crippen LogP contribution in [0, 0.1) is 5.82 Å². The second-order valence-corrected chi connectivity index (χ2v) is 8.74. The van der Waals surface area contributed by atoms with E-state index < -0.39 is 5.82 Å². The molecule has 9 heteroatoms. The van der Waals surface area contributed by atoms with Crippen molar-refractivity contribution >= 4 is 46.3 Å². The fourth-order valence-corrected chi connectivity index (χ4v) is 4.48. The molecule has 0 bridgehead atoms. The van der Waals surface area contributed by atoms with Gasteiger partial charge in [-0.2, -0.15) is 0 Å². The summed E-state index contributed by atoms with van der Waals surface area (Å²) >= 11 is 8.76. The van der Waals surface area contributed by atoms with Gasteiger partial charge in [-0.25, -0.2) is 4.39 Å². The number of anilines is 1. The van der Waals surface area contributed by atoms with E-state index in [1.807, 2.05) is 4.57 Å². The van der Waals surface area contributed by atoms with Gasteiger partial charge in [-0.05, 0) is 44.5 Å². The van der Waals surface area contributed by atoms with Crippen LogP contribution in [0.4, 0.5) is 10.1 Å². The zero-order valence-electron chi connectivity index (χ0n) is 15.7. The van der Waals surface area contributed by atoms with E-state index in [1.165, 1.54) is 34.8 Å². The molecule has 1 amide bonds. The van der Waals surface area contributed by atoms with E-state index in [9.17, 15) is 9.18 Å². The molecule has 1 N–H and O–H groups in total. The number of carbonyl (C=O) groups is 1. The van der Waals surface area contributed by atoms with Gasteiger partial charge in [0.2, 0.25) is 5.91 Å². The van der Waals surface area contributed by atoms with Crippen LogP contribution in [-0.4, -0.2) is 26.4 Å². The van der Waals surface area contributed by atoms with Crippen molar-refractivity contribution in [3.63, 3.8) is 0 Å². The van der Waals surface area contributed by atoms with Gasteiger partial charge in [0.15, 0.2) is 11.0 Å². The van der Waals surface area contributed by atoms with E-state index >= 15 is 0 Å². The molecule has 0 fully saturated rings. The van der Waals surface area contributed by atoms with Crippen molar-refractivity contribution in [1.29, 1.82) is 0 Å². The zero-order chi connectivity index (χ0) is 20.3.